The monoisotopic (exact) mass is 310 g/mol. The van der Waals surface area contributed by atoms with Crippen molar-refractivity contribution in [1.82, 2.24) is 0 Å². The summed E-state index contributed by atoms with van der Waals surface area (Å²) in [6.07, 6.45) is -4.43. The first-order valence-electron chi connectivity index (χ1n) is 4.64. The van der Waals surface area contributed by atoms with E-state index in [1.54, 1.807) is 0 Å². The maximum atomic E-state index is 12.5. The Hall–Kier alpha value is -1.24. The lowest BCUT2D eigenvalue weighted by Gasteiger charge is -2.14. The van der Waals surface area contributed by atoms with E-state index in [4.69, 9.17) is 5.73 Å². The quantitative estimate of drug-likeness (QED) is 0.902. The molecule has 3 N–H and O–H groups in total. The van der Waals surface area contributed by atoms with Crippen LogP contribution >= 0.6 is 15.9 Å². The molecule has 17 heavy (non-hydrogen) atoms. The van der Waals surface area contributed by atoms with Gasteiger partial charge in [0, 0.05) is 10.2 Å². The number of anilines is 1. The van der Waals surface area contributed by atoms with Gasteiger partial charge < -0.3 is 11.1 Å². The molecule has 1 atom stereocenters. The summed E-state index contributed by atoms with van der Waals surface area (Å²) in [7, 11) is 0. The van der Waals surface area contributed by atoms with Crippen LogP contribution in [0.1, 0.15) is 12.5 Å². The SMILES string of the molecule is CC(Nc1cc(Br)cc(C(F)(F)F)c1)C(N)=O. The highest BCUT2D eigenvalue weighted by atomic mass is 79.9. The summed E-state index contributed by atoms with van der Waals surface area (Å²) in [5, 5.41) is 2.59. The number of rotatable bonds is 3. The number of primary amides is 1. The van der Waals surface area contributed by atoms with Crippen LogP contribution in [0, 0.1) is 0 Å². The second-order valence-corrected chi connectivity index (χ2v) is 4.41. The van der Waals surface area contributed by atoms with Gasteiger partial charge in [-0.05, 0) is 25.1 Å². The minimum absolute atomic E-state index is 0.179. The van der Waals surface area contributed by atoms with Gasteiger partial charge in [-0.1, -0.05) is 15.9 Å². The Morgan fingerprint density at radius 1 is 1.41 bits per heavy atom. The average Bonchev–Trinajstić information content (AvgIpc) is 2.15. The van der Waals surface area contributed by atoms with Crippen LogP contribution in [0.4, 0.5) is 18.9 Å². The van der Waals surface area contributed by atoms with Crippen LogP contribution in [-0.2, 0) is 11.0 Å². The van der Waals surface area contributed by atoms with Gasteiger partial charge >= 0.3 is 6.18 Å². The first kappa shape index (κ1) is 13.8. The van der Waals surface area contributed by atoms with Gasteiger partial charge in [-0.15, -0.1) is 0 Å². The number of hydrogen-bond acceptors (Lipinski definition) is 2. The first-order valence-corrected chi connectivity index (χ1v) is 5.43. The fourth-order valence-corrected chi connectivity index (χ4v) is 1.65. The van der Waals surface area contributed by atoms with Crippen molar-refractivity contribution < 1.29 is 18.0 Å². The van der Waals surface area contributed by atoms with Gasteiger partial charge in [-0.3, -0.25) is 4.79 Å². The molecule has 3 nitrogen and oxygen atoms in total. The highest BCUT2D eigenvalue weighted by Gasteiger charge is 2.31. The maximum Gasteiger partial charge on any atom is 0.416 e. The third-order valence-electron chi connectivity index (χ3n) is 2.04. The third kappa shape index (κ3) is 3.92. The summed E-state index contributed by atoms with van der Waals surface area (Å²) in [5.74, 6) is -0.640. The van der Waals surface area contributed by atoms with Crippen LogP contribution in [0.3, 0.4) is 0 Å². The minimum Gasteiger partial charge on any atom is -0.374 e. The van der Waals surface area contributed by atoms with Crippen LogP contribution in [0.5, 0.6) is 0 Å². The molecule has 0 aliphatic carbocycles. The van der Waals surface area contributed by atoms with E-state index >= 15 is 0 Å². The van der Waals surface area contributed by atoms with Gasteiger partial charge in [0.05, 0.1) is 5.56 Å². The highest BCUT2D eigenvalue weighted by molar-refractivity contribution is 9.10. The Kier molecular flexibility index (Phi) is 4.03. The second kappa shape index (κ2) is 4.95. The van der Waals surface area contributed by atoms with Gasteiger partial charge in [0.15, 0.2) is 0 Å². The topological polar surface area (TPSA) is 55.1 Å². The molecule has 0 aliphatic heterocycles. The molecule has 0 saturated carbocycles. The molecule has 1 aromatic rings. The van der Waals surface area contributed by atoms with Gasteiger partial charge in [0.25, 0.3) is 0 Å². The molecule has 0 aliphatic rings. The van der Waals surface area contributed by atoms with Gasteiger partial charge in [0.1, 0.15) is 6.04 Å². The minimum atomic E-state index is -4.43. The Balaban J connectivity index is 3.02. The lowest BCUT2D eigenvalue weighted by molar-refractivity contribution is -0.137. The number of carbonyl (C=O) groups is 1. The van der Waals surface area contributed by atoms with Crippen molar-refractivity contribution in [2.24, 2.45) is 5.73 Å². The van der Waals surface area contributed by atoms with E-state index in [1.807, 2.05) is 0 Å². The fraction of sp³-hybridized carbons (Fsp3) is 0.300. The number of hydrogen-bond donors (Lipinski definition) is 2. The average molecular weight is 311 g/mol. The van der Waals surface area contributed by atoms with Crippen molar-refractivity contribution in [3.8, 4) is 0 Å². The van der Waals surface area contributed by atoms with Crippen molar-refractivity contribution in [2.45, 2.75) is 19.1 Å². The van der Waals surface area contributed by atoms with E-state index in [1.165, 1.54) is 13.0 Å². The Labute approximate surface area is 104 Å². The molecule has 1 aromatic carbocycles. The summed E-state index contributed by atoms with van der Waals surface area (Å²) in [6.45, 7) is 1.47. The summed E-state index contributed by atoms with van der Waals surface area (Å²) in [5.41, 5.74) is 4.39. The van der Waals surface area contributed by atoms with Gasteiger partial charge in [-0.25, -0.2) is 0 Å². The van der Waals surface area contributed by atoms with Crippen LogP contribution in [0.2, 0.25) is 0 Å². The number of nitrogens with two attached hydrogens (primary N) is 1. The van der Waals surface area contributed by atoms with Crippen LogP contribution < -0.4 is 11.1 Å². The van der Waals surface area contributed by atoms with E-state index < -0.39 is 23.7 Å². The third-order valence-corrected chi connectivity index (χ3v) is 2.49. The van der Waals surface area contributed by atoms with Gasteiger partial charge in [-0.2, -0.15) is 13.2 Å². The van der Waals surface area contributed by atoms with Gasteiger partial charge in [0.2, 0.25) is 5.91 Å². The molecule has 7 heteroatoms. The summed E-state index contributed by atoms with van der Waals surface area (Å²) in [6, 6.07) is 2.57. The molecule has 0 spiro atoms. The number of carbonyl (C=O) groups excluding carboxylic acids is 1. The first-order chi connectivity index (χ1) is 7.70. The van der Waals surface area contributed by atoms with Crippen molar-refractivity contribution in [2.75, 3.05) is 5.32 Å². The zero-order chi connectivity index (χ0) is 13.2. The zero-order valence-electron chi connectivity index (χ0n) is 8.81. The molecule has 0 saturated heterocycles. The molecule has 0 fully saturated rings. The Morgan fingerprint density at radius 2 is 2.00 bits per heavy atom. The van der Waals surface area contributed by atoms with E-state index in [0.29, 0.717) is 0 Å². The lowest BCUT2D eigenvalue weighted by atomic mass is 10.2. The predicted molar refractivity (Wildman–Crippen MR) is 61.4 cm³/mol. The second-order valence-electron chi connectivity index (χ2n) is 3.49. The number of nitrogens with one attached hydrogen (secondary N) is 1. The molecule has 0 radical (unpaired) electrons. The maximum absolute atomic E-state index is 12.5. The molecule has 0 heterocycles. The molecule has 1 amide bonds. The number of alkyl halides is 3. The molecule has 1 unspecified atom stereocenters. The molecule has 0 aromatic heterocycles. The normalized spacial score (nSPS) is 13.2. The largest absolute Gasteiger partial charge is 0.416 e. The smallest absolute Gasteiger partial charge is 0.374 e. The van der Waals surface area contributed by atoms with Crippen molar-refractivity contribution in [3.05, 3.63) is 28.2 Å². The molecule has 94 valence electrons. The Morgan fingerprint density at radius 3 is 2.47 bits per heavy atom. The Bertz CT molecular complexity index is 434. The van der Waals surface area contributed by atoms with Crippen LogP contribution in [0.15, 0.2) is 22.7 Å². The molecular formula is C10H10BrF3N2O. The number of amides is 1. The van der Waals surface area contributed by atoms with E-state index in [2.05, 4.69) is 21.2 Å². The summed E-state index contributed by atoms with van der Waals surface area (Å²) in [4.78, 5) is 10.8. The van der Waals surface area contributed by atoms with Crippen molar-refractivity contribution in [3.63, 3.8) is 0 Å². The predicted octanol–water partition coefficient (Wildman–Crippen LogP) is 2.75. The van der Waals surface area contributed by atoms with Crippen molar-refractivity contribution in [1.29, 1.82) is 0 Å². The summed E-state index contributed by atoms with van der Waals surface area (Å²) < 4.78 is 37.8. The lowest BCUT2D eigenvalue weighted by Crippen LogP contribution is -2.32. The van der Waals surface area contributed by atoms with E-state index in [0.717, 1.165) is 12.1 Å². The van der Waals surface area contributed by atoms with E-state index in [9.17, 15) is 18.0 Å². The zero-order valence-corrected chi connectivity index (χ0v) is 10.4. The van der Waals surface area contributed by atoms with Crippen molar-refractivity contribution >= 4 is 27.5 Å². The van der Waals surface area contributed by atoms with Crippen LogP contribution in [-0.4, -0.2) is 11.9 Å². The number of halogens is 4. The standard InChI is InChI=1S/C10H10BrF3N2O/c1-5(9(15)17)16-8-3-6(10(12,13)14)2-7(11)4-8/h2-5,16H,1H3,(H2,15,17). The molecular weight excluding hydrogens is 301 g/mol. The van der Waals surface area contributed by atoms with E-state index in [-0.39, 0.29) is 10.2 Å². The number of benzene rings is 1. The summed E-state index contributed by atoms with van der Waals surface area (Å²) >= 11 is 2.98. The highest BCUT2D eigenvalue weighted by Crippen LogP contribution is 2.33. The fourth-order valence-electron chi connectivity index (χ4n) is 1.16. The molecule has 0 bridgehead atoms. The van der Waals surface area contributed by atoms with Crippen LogP contribution in [0.25, 0.3) is 0 Å². The molecule has 1 rings (SSSR count).